The Hall–Kier alpha value is -2.08. The number of nitrogens with zero attached hydrogens (tertiary/aromatic N) is 2. The first-order valence-corrected chi connectivity index (χ1v) is 7.52. The zero-order valence-electron chi connectivity index (χ0n) is 12.6. The number of carboxylic acids is 1. The summed E-state index contributed by atoms with van der Waals surface area (Å²) in [5.41, 5.74) is 1.87. The van der Waals surface area contributed by atoms with Gasteiger partial charge in [-0.2, -0.15) is 0 Å². The molecule has 0 radical (unpaired) electrons. The lowest BCUT2D eigenvalue weighted by Gasteiger charge is -2.33. The van der Waals surface area contributed by atoms with Crippen molar-refractivity contribution in [3.8, 4) is 5.75 Å². The minimum absolute atomic E-state index is 0.0269. The Morgan fingerprint density at radius 2 is 2.27 bits per heavy atom. The highest BCUT2D eigenvalue weighted by Crippen LogP contribution is 2.51. The summed E-state index contributed by atoms with van der Waals surface area (Å²) >= 11 is 0. The van der Waals surface area contributed by atoms with E-state index < -0.39 is 5.97 Å². The van der Waals surface area contributed by atoms with Crippen LogP contribution in [0.4, 0.5) is 0 Å². The first-order valence-electron chi connectivity index (χ1n) is 7.52. The molecule has 2 aliphatic heterocycles. The zero-order chi connectivity index (χ0) is 15.5. The molecule has 1 N–H and O–H groups in total. The number of hydrogen-bond donors (Lipinski definition) is 1. The molecule has 4 heterocycles. The van der Waals surface area contributed by atoms with Crippen LogP contribution < -0.4 is 4.74 Å². The second-order valence-corrected chi connectivity index (χ2v) is 6.54. The van der Waals surface area contributed by atoms with Gasteiger partial charge in [-0.25, -0.2) is 9.78 Å². The first-order chi connectivity index (χ1) is 10.5. The predicted molar refractivity (Wildman–Crippen MR) is 78.6 cm³/mol. The van der Waals surface area contributed by atoms with Crippen molar-refractivity contribution in [1.82, 2.24) is 9.38 Å². The van der Waals surface area contributed by atoms with Crippen molar-refractivity contribution in [2.24, 2.45) is 0 Å². The molecule has 0 spiro atoms. The number of fused-ring (bicyclic) bond motifs is 2. The fourth-order valence-corrected chi connectivity index (χ4v) is 3.39. The molecule has 2 bridgehead atoms. The van der Waals surface area contributed by atoms with Gasteiger partial charge >= 0.3 is 5.97 Å². The smallest absolute Gasteiger partial charge is 0.341 e. The van der Waals surface area contributed by atoms with E-state index in [0.717, 1.165) is 18.5 Å². The van der Waals surface area contributed by atoms with Gasteiger partial charge in [-0.15, -0.1) is 0 Å². The van der Waals surface area contributed by atoms with Crippen LogP contribution in [-0.2, 0) is 10.2 Å². The van der Waals surface area contributed by atoms with Crippen molar-refractivity contribution in [1.29, 1.82) is 0 Å². The van der Waals surface area contributed by atoms with E-state index >= 15 is 0 Å². The van der Waals surface area contributed by atoms with Gasteiger partial charge < -0.3 is 19.0 Å². The molecule has 1 saturated carbocycles. The molecule has 3 fully saturated rings. The van der Waals surface area contributed by atoms with Crippen LogP contribution in [0.5, 0.6) is 5.75 Å². The molecule has 2 aromatic rings. The maximum atomic E-state index is 11.4. The zero-order valence-corrected chi connectivity index (χ0v) is 12.6. The summed E-state index contributed by atoms with van der Waals surface area (Å²) in [6.07, 6.45) is 5.81. The lowest BCUT2D eigenvalue weighted by Crippen LogP contribution is -2.37. The van der Waals surface area contributed by atoms with Crippen LogP contribution >= 0.6 is 0 Å². The molecule has 116 valence electrons. The minimum Gasteiger partial charge on any atom is -0.490 e. The van der Waals surface area contributed by atoms with E-state index in [1.807, 2.05) is 20.0 Å². The Kier molecular flexibility index (Phi) is 2.75. The molecule has 0 aromatic carbocycles. The summed E-state index contributed by atoms with van der Waals surface area (Å²) in [6, 6.07) is 1.70. The van der Waals surface area contributed by atoms with Crippen LogP contribution in [-0.4, -0.2) is 39.3 Å². The van der Waals surface area contributed by atoms with Crippen molar-refractivity contribution in [3.63, 3.8) is 0 Å². The molecular weight excluding hydrogens is 284 g/mol. The summed E-state index contributed by atoms with van der Waals surface area (Å²) in [4.78, 5) is 16.1. The van der Waals surface area contributed by atoms with Gasteiger partial charge in [0.1, 0.15) is 17.0 Å². The summed E-state index contributed by atoms with van der Waals surface area (Å²) in [5.74, 6) is -0.641. The third-order valence-electron chi connectivity index (χ3n) is 4.52. The van der Waals surface area contributed by atoms with Gasteiger partial charge in [-0.1, -0.05) is 0 Å². The molecule has 0 amide bonds. The maximum absolute atomic E-state index is 11.4. The van der Waals surface area contributed by atoms with Crippen molar-refractivity contribution in [3.05, 3.63) is 29.7 Å². The number of hydrogen-bond acceptors (Lipinski definition) is 4. The van der Waals surface area contributed by atoms with Crippen LogP contribution in [0.3, 0.4) is 0 Å². The highest BCUT2D eigenvalue weighted by molar-refractivity contribution is 5.91. The van der Waals surface area contributed by atoms with Crippen LogP contribution in [0.15, 0.2) is 18.5 Å². The summed E-state index contributed by atoms with van der Waals surface area (Å²) < 4.78 is 13.0. The molecule has 6 nitrogen and oxygen atoms in total. The van der Waals surface area contributed by atoms with Crippen LogP contribution in [0.2, 0.25) is 0 Å². The van der Waals surface area contributed by atoms with Crippen molar-refractivity contribution in [2.45, 2.75) is 44.3 Å². The fraction of sp³-hybridized carbons (Fsp3) is 0.500. The highest BCUT2D eigenvalue weighted by atomic mass is 16.5. The molecule has 6 heteroatoms. The van der Waals surface area contributed by atoms with Gasteiger partial charge in [0.15, 0.2) is 0 Å². The Morgan fingerprint density at radius 3 is 2.86 bits per heavy atom. The largest absolute Gasteiger partial charge is 0.490 e. The monoisotopic (exact) mass is 302 g/mol. The normalized spacial score (nSPS) is 26.4. The van der Waals surface area contributed by atoms with Gasteiger partial charge in [-0.3, -0.25) is 0 Å². The van der Waals surface area contributed by atoms with Crippen LogP contribution in [0.1, 0.15) is 42.7 Å². The average Bonchev–Trinajstić information content (AvgIpc) is 3.08. The van der Waals surface area contributed by atoms with E-state index in [0.29, 0.717) is 24.1 Å². The second-order valence-electron chi connectivity index (χ2n) is 6.54. The molecule has 3 aliphatic rings. The van der Waals surface area contributed by atoms with Gasteiger partial charge in [0.2, 0.25) is 0 Å². The number of carbonyl (C=O) groups is 1. The molecular formula is C16H18N2O4. The molecule has 1 aliphatic carbocycles. The number of aromatic nitrogens is 2. The molecule has 22 heavy (non-hydrogen) atoms. The summed E-state index contributed by atoms with van der Waals surface area (Å²) in [7, 11) is 0. The Labute approximate surface area is 127 Å². The Balaban J connectivity index is 1.80. The third-order valence-corrected chi connectivity index (χ3v) is 4.52. The Bertz CT molecular complexity index is 753. The average molecular weight is 302 g/mol. The maximum Gasteiger partial charge on any atom is 0.341 e. The molecule has 0 unspecified atom stereocenters. The highest BCUT2D eigenvalue weighted by Gasteiger charge is 2.54. The number of rotatable bonds is 4. The second kappa shape index (κ2) is 4.46. The first kappa shape index (κ1) is 13.6. The molecule has 2 aromatic heterocycles. The van der Waals surface area contributed by atoms with E-state index in [-0.39, 0.29) is 17.1 Å². The van der Waals surface area contributed by atoms with E-state index in [1.54, 1.807) is 16.7 Å². The Morgan fingerprint density at radius 1 is 1.50 bits per heavy atom. The van der Waals surface area contributed by atoms with Gasteiger partial charge in [0, 0.05) is 23.9 Å². The lowest BCUT2D eigenvalue weighted by atomic mass is 9.68. The molecule has 5 rings (SSSR count). The predicted octanol–water partition coefficient (Wildman–Crippen LogP) is 2.25. The van der Waals surface area contributed by atoms with Crippen molar-refractivity contribution < 1.29 is 19.4 Å². The quantitative estimate of drug-likeness (QED) is 0.937. The standard InChI is InChI=1S/C16H18N2O4/c1-9(2)22-12-3-14-17-13(16-4-10(5-16)21-8-16)7-18(14)6-11(12)15(19)20/h3,6-7,9-10H,4-5,8H2,1-2H3,(H,19,20). The van der Waals surface area contributed by atoms with E-state index in [4.69, 9.17) is 9.47 Å². The third kappa shape index (κ3) is 1.90. The number of imidazole rings is 1. The molecule has 2 saturated heterocycles. The van der Waals surface area contributed by atoms with E-state index in [1.165, 1.54) is 0 Å². The lowest BCUT2D eigenvalue weighted by molar-refractivity contribution is 0.0690. The van der Waals surface area contributed by atoms with Gasteiger partial charge in [-0.05, 0) is 26.7 Å². The summed E-state index contributed by atoms with van der Waals surface area (Å²) in [6.45, 7) is 4.45. The van der Waals surface area contributed by atoms with Crippen LogP contribution in [0.25, 0.3) is 5.65 Å². The van der Waals surface area contributed by atoms with Gasteiger partial charge in [0.05, 0.1) is 24.5 Å². The number of carboxylic acid groups (broad SMARTS) is 1. The number of ether oxygens (including phenoxy) is 2. The van der Waals surface area contributed by atoms with Crippen molar-refractivity contribution in [2.75, 3.05) is 6.61 Å². The minimum atomic E-state index is -1.00. The molecule has 0 atom stereocenters. The van der Waals surface area contributed by atoms with E-state index in [9.17, 15) is 9.90 Å². The number of pyridine rings is 1. The van der Waals surface area contributed by atoms with Crippen molar-refractivity contribution >= 4 is 11.6 Å². The van der Waals surface area contributed by atoms with Crippen LogP contribution in [0, 0.1) is 0 Å². The number of aromatic carboxylic acids is 1. The SMILES string of the molecule is CC(C)Oc1cc2nc(C34COC(C3)C4)cn2cc1C(=O)O. The van der Waals surface area contributed by atoms with Gasteiger partial charge in [0.25, 0.3) is 0 Å². The van der Waals surface area contributed by atoms with E-state index in [2.05, 4.69) is 4.98 Å². The fourth-order valence-electron chi connectivity index (χ4n) is 3.39. The summed E-state index contributed by atoms with van der Waals surface area (Å²) in [5, 5.41) is 9.38. The topological polar surface area (TPSA) is 73.1 Å².